The number of carboxylic acid groups (broad SMARTS) is 1. The Morgan fingerprint density at radius 2 is 1.78 bits per heavy atom. The van der Waals surface area contributed by atoms with E-state index in [0.29, 0.717) is 23.0 Å². The first-order valence-electron chi connectivity index (χ1n) is 14.9. The van der Waals surface area contributed by atoms with Crippen molar-refractivity contribution in [1.82, 2.24) is 4.90 Å². The highest BCUT2D eigenvalue weighted by Gasteiger charge is 2.44. The highest BCUT2D eigenvalue weighted by Crippen LogP contribution is 2.45. The molecule has 0 aromatic heterocycles. The fraction of sp³-hybridized carbons (Fsp3) is 0.143. The number of non-ortho nitro benzene ring substituents is 1. The second-order valence-corrected chi connectivity index (χ2v) is 12.3. The van der Waals surface area contributed by atoms with E-state index >= 15 is 4.39 Å². The fourth-order valence-electron chi connectivity index (χ4n) is 6.03. The molecule has 0 bridgehead atoms. The molecule has 4 N–H and O–H groups in total. The van der Waals surface area contributed by atoms with E-state index in [9.17, 15) is 29.6 Å². The lowest BCUT2D eigenvalue weighted by Crippen LogP contribution is -2.51. The SMILES string of the molecule is CC1(C)CN(C(=O)/C=C/c2c(N(C=N)N=N)ccc(Cl)c2F)C(C(=O)Nc2ccc(C(=O)O)cc2)c2cccc(-c3ccc([N+](=O)[O-])cc3)c21. The van der Waals surface area contributed by atoms with Crippen molar-refractivity contribution < 1.29 is 28.8 Å². The van der Waals surface area contributed by atoms with Crippen molar-refractivity contribution in [1.29, 1.82) is 10.9 Å². The largest absolute Gasteiger partial charge is 0.478 e. The summed E-state index contributed by atoms with van der Waals surface area (Å²) in [6, 6.07) is 18.1. The summed E-state index contributed by atoms with van der Waals surface area (Å²) in [7, 11) is 0. The van der Waals surface area contributed by atoms with Crippen molar-refractivity contribution in [3.63, 3.8) is 0 Å². The predicted octanol–water partition coefficient (Wildman–Crippen LogP) is 7.62. The summed E-state index contributed by atoms with van der Waals surface area (Å²) in [4.78, 5) is 51.7. The number of nitro groups is 1. The number of anilines is 2. The minimum Gasteiger partial charge on any atom is -0.478 e. The Morgan fingerprint density at radius 3 is 2.38 bits per heavy atom. The molecular formula is C35H29ClFN7O6. The molecule has 5 rings (SSSR count). The van der Waals surface area contributed by atoms with Crippen molar-refractivity contribution in [2.45, 2.75) is 25.3 Å². The molecule has 1 atom stereocenters. The summed E-state index contributed by atoms with van der Waals surface area (Å²) in [5, 5.41) is 34.6. The number of aromatic carboxylic acids is 1. The lowest BCUT2D eigenvalue weighted by molar-refractivity contribution is -0.384. The maximum absolute atomic E-state index is 15.3. The molecule has 13 nitrogen and oxygen atoms in total. The Hall–Kier alpha value is -6.28. The number of benzene rings is 4. The Labute approximate surface area is 289 Å². The third-order valence-corrected chi connectivity index (χ3v) is 8.54. The monoisotopic (exact) mass is 697 g/mol. The standard InChI is InChI=1S/C35H29ClFN7O6/c1-35(2)18-42(29(45)17-14-25-28(43(19-38)41-39)16-15-27(36)31(25)37)32(33(46)40-22-10-6-21(7-11-22)34(47)48)26-5-3-4-24(30(26)35)20-8-12-23(13-9-20)44(49)50/h3-17,19,32,38-39H,18H2,1-2H3,(H,40,46)(H,47,48)/b17-14+,38-19?,41-39?. The van der Waals surface area contributed by atoms with Gasteiger partial charge in [0.05, 0.1) is 21.2 Å². The maximum Gasteiger partial charge on any atom is 0.335 e. The van der Waals surface area contributed by atoms with Crippen molar-refractivity contribution in [3.8, 4) is 11.1 Å². The van der Waals surface area contributed by atoms with Gasteiger partial charge in [-0.1, -0.05) is 48.9 Å². The van der Waals surface area contributed by atoms with Crippen LogP contribution in [0.4, 0.5) is 21.5 Å². The van der Waals surface area contributed by atoms with Crippen molar-refractivity contribution in [2.24, 2.45) is 5.22 Å². The molecule has 4 aromatic rings. The molecule has 0 saturated heterocycles. The van der Waals surface area contributed by atoms with Gasteiger partial charge in [-0.25, -0.2) is 14.2 Å². The summed E-state index contributed by atoms with van der Waals surface area (Å²) in [6.45, 7) is 3.77. The number of carbonyl (C=O) groups is 3. The molecule has 15 heteroatoms. The number of nitro benzene ring substituents is 1. The minimum atomic E-state index is -1.24. The van der Waals surface area contributed by atoms with Gasteiger partial charge in [-0.2, -0.15) is 5.53 Å². The van der Waals surface area contributed by atoms with Gasteiger partial charge in [0.2, 0.25) is 5.91 Å². The van der Waals surface area contributed by atoms with Gasteiger partial charge in [0.1, 0.15) is 12.4 Å². The van der Waals surface area contributed by atoms with Crippen LogP contribution in [0.5, 0.6) is 0 Å². The number of fused-ring (bicyclic) bond motifs is 1. The van der Waals surface area contributed by atoms with Crippen LogP contribution < -0.4 is 10.3 Å². The van der Waals surface area contributed by atoms with Gasteiger partial charge < -0.3 is 15.3 Å². The molecule has 0 radical (unpaired) electrons. The molecule has 0 spiro atoms. The van der Waals surface area contributed by atoms with Crippen LogP contribution in [-0.4, -0.2) is 45.6 Å². The Bertz CT molecular complexity index is 2060. The molecule has 2 amide bonds. The summed E-state index contributed by atoms with van der Waals surface area (Å²) >= 11 is 6.02. The van der Waals surface area contributed by atoms with Crippen molar-refractivity contribution in [2.75, 3.05) is 16.9 Å². The third-order valence-electron chi connectivity index (χ3n) is 8.24. The lowest BCUT2D eigenvalue weighted by atomic mass is 9.72. The molecular weight excluding hydrogens is 669 g/mol. The van der Waals surface area contributed by atoms with Gasteiger partial charge in [0.25, 0.3) is 11.6 Å². The van der Waals surface area contributed by atoms with Crippen LogP contribution in [0.25, 0.3) is 17.2 Å². The van der Waals surface area contributed by atoms with Crippen LogP contribution in [0, 0.1) is 26.9 Å². The van der Waals surface area contributed by atoms with E-state index in [0.717, 1.165) is 22.7 Å². The first-order chi connectivity index (χ1) is 23.8. The molecule has 1 unspecified atom stereocenters. The molecule has 1 aliphatic rings. The smallest absolute Gasteiger partial charge is 0.335 e. The van der Waals surface area contributed by atoms with Gasteiger partial charge in [0, 0.05) is 41.4 Å². The minimum absolute atomic E-state index is 0.00275. The van der Waals surface area contributed by atoms with E-state index in [2.05, 4.69) is 10.5 Å². The second-order valence-electron chi connectivity index (χ2n) is 11.9. The van der Waals surface area contributed by atoms with Gasteiger partial charge in [-0.3, -0.25) is 25.1 Å². The first-order valence-corrected chi connectivity index (χ1v) is 15.3. The fourth-order valence-corrected chi connectivity index (χ4v) is 6.20. The zero-order valence-corrected chi connectivity index (χ0v) is 27.3. The average Bonchev–Trinajstić information content (AvgIpc) is 3.09. The van der Waals surface area contributed by atoms with Crippen LogP contribution in [0.1, 0.15) is 46.9 Å². The van der Waals surface area contributed by atoms with Gasteiger partial charge >= 0.3 is 5.97 Å². The molecule has 1 heterocycles. The Kier molecular flexibility index (Phi) is 9.85. The second kappa shape index (κ2) is 14.1. The number of rotatable bonds is 10. The van der Waals surface area contributed by atoms with E-state index in [4.69, 9.17) is 22.5 Å². The van der Waals surface area contributed by atoms with Gasteiger partial charge in [-0.05, 0) is 76.9 Å². The Balaban J connectivity index is 1.62. The summed E-state index contributed by atoms with van der Waals surface area (Å²) in [6.07, 6.45) is 2.88. The Morgan fingerprint density at radius 1 is 1.10 bits per heavy atom. The average molecular weight is 698 g/mol. The molecule has 0 saturated carbocycles. The summed E-state index contributed by atoms with van der Waals surface area (Å²) in [5.74, 6) is -3.36. The lowest BCUT2D eigenvalue weighted by Gasteiger charge is -2.45. The number of carbonyl (C=O) groups excluding carboxylic acids is 2. The van der Waals surface area contributed by atoms with E-state index in [1.807, 2.05) is 19.9 Å². The molecule has 0 fully saturated rings. The molecule has 0 aliphatic carbocycles. The third kappa shape index (κ3) is 6.82. The van der Waals surface area contributed by atoms with E-state index < -0.39 is 40.0 Å². The van der Waals surface area contributed by atoms with E-state index in [1.165, 1.54) is 53.4 Å². The first kappa shape index (κ1) is 35.0. The van der Waals surface area contributed by atoms with E-state index in [-0.39, 0.29) is 39.8 Å². The highest BCUT2D eigenvalue weighted by atomic mass is 35.5. The molecule has 1 aliphatic heterocycles. The number of amides is 2. The zero-order valence-electron chi connectivity index (χ0n) is 26.6. The van der Waals surface area contributed by atoms with Crippen LogP contribution in [0.15, 0.2) is 90.2 Å². The van der Waals surface area contributed by atoms with Crippen LogP contribution in [0.3, 0.4) is 0 Å². The number of nitrogens with zero attached hydrogens (tertiary/aromatic N) is 4. The van der Waals surface area contributed by atoms with Crippen LogP contribution in [-0.2, 0) is 15.0 Å². The van der Waals surface area contributed by atoms with Gasteiger partial charge in [-0.15, -0.1) is 0 Å². The number of hydrogen-bond donors (Lipinski definition) is 4. The van der Waals surface area contributed by atoms with Crippen LogP contribution >= 0.6 is 11.6 Å². The number of carboxylic acids is 1. The maximum atomic E-state index is 15.3. The van der Waals surface area contributed by atoms with Crippen molar-refractivity contribution >= 4 is 58.9 Å². The number of halogens is 2. The van der Waals surface area contributed by atoms with Crippen molar-refractivity contribution in [3.05, 3.63) is 128 Å². The number of hydrogen-bond acceptors (Lipinski definition) is 8. The zero-order chi connectivity index (χ0) is 36.3. The normalized spacial score (nSPS) is 14.8. The van der Waals surface area contributed by atoms with Crippen LogP contribution in [0.2, 0.25) is 5.02 Å². The summed E-state index contributed by atoms with van der Waals surface area (Å²) in [5.41, 5.74) is 9.06. The summed E-state index contributed by atoms with van der Waals surface area (Å²) < 4.78 is 15.3. The quantitative estimate of drug-likeness (QED) is 0.0327. The van der Waals surface area contributed by atoms with Gasteiger partial charge in [0.15, 0.2) is 5.82 Å². The number of nitrogens with one attached hydrogen (secondary N) is 3. The van der Waals surface area contributed by atoms with E-state index in [1.54, 1.807) is 24.3 Å². The molecule has 254 valence electrons. The topological polar surface area (TPSA) is 193 Å². The highest BCUT2D eigenvalue weighted by molar-refractivity contribution is 6.31. The predicted molar refractivity (Wildman–Crippen MR) is 185 cm³/mol. The molecule has 50 heavy (non-hydrogen) atoms. The molecule has 4 aromatic carbocycles.